The summed E-state index contributed by atoms with van der Waals surface area (Å²) >= 11 is 0. The molecule has 0 spiro atoms. The summed E-state index contributed by atoms with van der Waals surface area (Å²) in [6.07, 6.45) is -2.11. The van der Waals surface area contributed by atoms with Gasteiger partial charge in [-0.15, -0.1) is 0 Å². The first-order valence-corrected chi connectivity index (χ1v) is 26.4. The van der Waals surface area contributed by atoms with Crippen molar-refractivity contribution < 1.29 is 57.2 Å². The van der Waals surface area contributed by atoms with Crippen molar-refractivity contribution in [3.63, 3.8) is 0 Å². The molecule has 2 aromatic rings. The molecule has 2 fully saturated rings. The molecule has 2 aliphatic rings. The fraction of sp³-hybridized carbons (Fsp3) is 0.532. The van der Waals surface area contributed by atoms with Gasteiger partial charge in [0.05, 0.1) is 11.9 Å². The van der Waals surface area contributed by atoms with E-state index in [1.807, 2.05) is 36.4 Å². The molecule has 2 heterocycles. The molecule has 0 unspecified atom stereocenters. The van der Waals surface area contributed by atoms with E-state index in [2.05, 4.69) is 53.8 Å². The minimum Gasteiger partial charge on any atom is -0.386 e. The molecule has 0 radical (unpaired) electrons. The molecule has 2 aliphatic heterocycles. The van der Waals surface area contributed by atoms with E-state index in [0.717, 1.165) is 22.6 Å². The van der Waals surface area contributed by atoms with Crippen molar-refractivity contribution in [3.8, 4) is 0 Å². The van der Waals surface area contributed by atoms with E-state index >= 15 is 0 Å². The highest BCUT2D eigenvalue weighted by Crippen LogP contribution is 2.38. The van der Waals surface area contributed by atoms with Crippen LogP contribution in [0.4, 0.5) is 0 Å². The van der Waals surface area contributed by atoms with Crippen LogP contribution in [-0.4, -0.2) is 148 Å². The Morgan fingerprint density at radius 3 is 1.74 bits per heavy atom. The number of phosphoric ester groups is 1. The van der Waals surface area contributed by atoms with Crippen LogP contribution in [0, 0.1) is 0 Å². The zero-order valence-electron chi connectivity index (χ0n) is 42.4. The number of fused-ring (bicyclic) bond motifs is 2. The molecule has 76 heavy (non-hydrogen) atoms. The van der Waals surface area contributed by atoms with Crippen LogP contribution in [0.1, 0.15) is 83.1 Å². The number of nitrogens with zero attached hydrogens (tertiary/aromatic N) is 3. The Balaban J connectivity index is 1.92. The van der Waals surface area contributed by atoms with Crippen molar-refractivity contribution >= 4 is 77.8 Å². The smallest absolute Gasteiger partial charge is 0.386 e. The van der Waals surface area contributed by atoms with E-state index in [1.54, 1.807) is 6.07 Å². The summed E-state index contributed by atoms with van der Waals surface area (Å²) in [4.78, 5) is 143. The van der Waals surface area contributed by atoms with Gasteiger partial charge in [0.15, 0.2) is 11.9 Å². The van der Waals surface area contributed by atoms with E-state index < -0.39 is 110 Å². The van der Waals surface area contributed by atoms with Crippen LogP contribution < -0.4 is 71.6 Å². The van der Waals surface area contributed by atoms with Gasteiger partial charge in [-0.1, -0.05) is 49.0 Å². The Morgan fingerprint density at radius 2 is 1.21 bits per heavy atom. The number of benzene rings is 2. The van der Waals surface area contributed by atoms with Crippen LogP contribution >= 0.6 is 7.82 Å². The lowest BCUT2D eigenvalue weighted by molar-refractivity contribution is -0.148. The number of nitrogens with two attached hydrogens (primary N) is 6. The van der Waals surface area contributed by atoms with E-state index in [1.165, 1.54) is 0 Å². The second-order valence-corrected chi connectivity index (χ2v) is 19.7. The molecule has 8 atom stereocenters. The summed E-state index contributed by atoms with van der Waals surface area (Å²) in [6.45, 7) is 4.72. The number of aliphatic imine (C=N–C) groups is 2. The van der Waals surface area contributed by atoms with E-state index in [-0.39, 0.29) is 102 Å². The van der Waals surface area contributed by atoms with Crippen molar-refractivity contribution in [2.75, 3.05) is 26.2 Å². The molecule has 0 aliphatic carbocycles. The molecule has 4 rings (SSSR count). The van der Waals surface area contributed by atoms with Gasteiger partial charge in [0.25, 0.3) is 0 Å². The third-order valence-electron chi connectivity index (χ3n) is 12.4. The Bertz CT molecular complexity index is 2520. The van der Waals surface area contributed by atoms with Gasteiger partial charge in [0.2, 0.25) is 47.3 Å². The highest BCUT2D eigenvalue weighted by atomic mass is 31.2. The van der Waals surface area contributed by atoms with Crippen LogP contribution in [0.25, 0.3) is 10.8 Å². The molecular weight excluding hydrogens is 1010 g/mol. The fourth-order valence-electron chi connectivity index (χ4n) is 8.65. The molecule has 28 nitrogen and oxygen atoms in total. The summed E-state index contributed by atoms with van der Waals surface area (Å²) in [5.74, 6) is -7.87. The lowest BCUT2D eigenvalue weighted by Gasteiger charge is -2.39. The molecule has 8 amide bonds. The van der Waals surface area contributed by atoms with Gasteiger partial charge in [-0.3, -0.25) is 52.9 Å². The largest absolute Gasteiger partial charge is 0.469 e. The van der Waals surface area contributed by atoms with Crippen LogP contribution in [-0.2, 0) is 53.9 Å². The highest BCUT2D eigenvalue weighted by Gasteiger charge is 2.42. The standard InChI is InChI=1S/C47H73N16O12P/c1-26(75-76(72,73)74)38-45(71)63-23-6-5-15-36(63)44(70)61-35(25-28-16-17-29-10-3-4-11-30(29)24-28)43(69)59-32(13-8-21-55-46(50)51)40(66)60-34(18-19-37(49)64)41(67)57-31(12-7-20-54-27(2)48)39(65)58-33(42(68)62-38)14-9-22-56-47(52)53/h3-4,10-11,16-17,24,26,31-36,38,54H,2,5-9,12-15,18-23,25,48H2,1H3,(H2,49,64)(H,57,67)(H,58,65)(H,59,69)(H,60,66)(H,61,70)(H,62,68)(H4,50,51,55)(H4,52,53,56)(H2,72,73,74)/t26-,31+,32-,33+,34-,35-,36-,38+/m0/s1. The third-order valence-corrected chi connectivity index (χ3v) is 13.0. The second kappa shape index (κ2) is 29.5. The molecule has 2 saturated heterocycles. The summed E-state index contributed by atoms with van der Waals surface area (Å²) < 4.78 is 17.2. The van der Waals surface area contributed by atoms with Gasteiger partial charge in [0, 0.05) is 39.0 Å². The minimum absolute atomic E-state index is 0.00494. The molecule has 2 aromatic carbocycles. The number of phosphoric acid groups is 1. The molecule has 0 bridgehead atoms. The summed E-state index contributed by atoms with van der Waals surface area (Å²) in [7, 11) is -5.36. The topological polar surface area (TPSA) is 472 Å². The van der Waals surface area contributed by atoms with Gasteiger partial charge in [0.1, 0.15) is 42.3 Å². The van der Waals surface area contributed by atoms with E-state index in [9.17, 15) is 52.7 Å². The van der Waals surface area contributed by atoms with Crippen LogP contribution in [0.3, 0.4) is 0 Å². The average molecular weight is 1090 g/mol. The Hall–Kier alpha value is -7.55. The molecular formula is C47H73N16O12P. The van der Waals surface area contributed by atoms with Gasteiger partial charge in [-0.2, -0.15) is 0 Å². The Labute approximate surface area is 439 Å². The SMILES string of the molecule is C=C(N)NCCC[C@H]1NC(=O)[C@H](CCC(N)=O)NC(=O)[C@H](CCCN=C(N)N)NC(=O)[C@H](Cc2ccc3ccccc3c2)NC(=O)[C@@H]2CCCCN2C(=O)[C@@H]([C@H](C)OP(=O)(O)O)NC(=O)[C@@H](CCCN=C(N)N)NC1=O. The van der Waals surface area contributed by atoms with Gasteiger partial charge in [-0.25, -0.2) is 4.57 Å². The number of carbonyl (C=O) groups excluding carboxylic acids is 8. The van der Waals surface area contributed by atoms with Crippen LogP contribution in [0.5, 0.6) is 0 Å². The maximum Gasteiger partial charge on any atom is 0.469 e. The number of nitrogens with one attached hydrogen (secondary N) is 7. The summed E-state index contributed by atoms with van der Waals surface area (Å²) in [6, 6.07) is 2.04. The predicted octanol–water partition coefficient (Wildman–Crippen LogP) is -3.64. The van der Waals surface area contributed by atoms with Gasteiger partial charge in [-0.05, 0) is 87.5 Å². The average Bonchev–Trinajstić information content (AvgIpc) is 3.35. The summed E-state index contributed by atoms with van der Waals surface area (Å²) in [5, 5.41) is 20.2. The fourth-order valence-corrected chi connectivity index (χ4v) is 9.20. The van der Waals surface area contributed by atoms with Crippen molar-refractivity contribution in [2.24, 2.45) is 44.4 Å². The van der Waals surface area contributed by atoms with E-state index in [0.29, 0.717) is 18.4 Å². The lowest BCUT2D eigenvalue weighted by Crippen LogP contribution is -2.63. The number of rotatable bonds is 21. The predicted molar refractivity (Wildman–Crippen MR) is 280 cm³/mol. The number of hydrogen-bond acceptors (Lipinski definition) is 14. The zero-order chi connectivity index (χ0) is 56.1. The Kier molecular flexibility index (Phi) is 23.7. The molecule has 21 N–H and O–H groups in total. The van der Waals surface area contributed by atoms with Gasteiger partial charge >= 0.3 is 7.82 Å². The van der Waals surface area contributed by atoms with Crippen molar-refractivity contribution in [3.05, 3.63) is 60.4 Å². The van der Waals surface area contributed by atoms with E-state index in [4.69, 9.17) is 38.9 Å². The first-order chi connectivity index (χ1) is 35.9. The number of carbonyl (C=O) groups is 8. The van der Waals surface area contributed by atoms with Crippen LogP contribution in [0.2, 0.25) is 0 Å². The molecule has 0 aromatic heterocycles. The van der Waals surface area contributed by atoms with Crippen LogP contribution in [0.15, 0.2) is 64.8 Å². The number of amides is 8. The second-order valence-electron chi connectivity index (χ2n) is 18.5. The Morgan fingerprint density at radius 1 is 0.711 bits per heavy atom. The highest BCUT2D eigenvalue weighted by molar-refractivity contribution is 7.46. The maximum atomic E-state index is 14.9. The molecule has 0 saturated carbocycles. The number of guanidine groups is 2. The van der Waals surface area contributed by atoms with Gasteiger partial charge < -0.3 is 86.3 Å². The van der Waals surface area contributed by atoms with Crippen molar-refractivity contribution in [2.45, 2.75) is 132 Å². The minimum atomic E-state index is -5.36. The quantitative estimate of drug-likeness (QED) is 0.0248. The lowest BCUT2D eigenvalue weighted by atomic mass is 9.97. The monoisotopic (exact) mass is 1080 g/mol. The molecule has 418 valence electrons. The third kappa shape index (κ3) is 20.3. The summed E-state index contributed by atoms with van der Waals surface area (Å²) in [5.41, 5.74) is 33.9. The van der Waals surface area contributed by atoms with Crippen molar-refractivity contribution in [1.29, 1.82) is 0 Å². The zero-order valence-corrected chi connectivity index (χ0v) is 43.3. The first-order valence-electron chi connectivity index (χ1n) is 24.8. The number of primary amides is 1. The molecule has 29 heteroatoms. The number of hydrogen-bond donors (Lipinski definition) is 15. The maximum absolute atomic E-state index is 14.9. The first kappa shape index (κ1) is 61.0. The number of piperidine rings is 1. The van der Waals surface area contributed by atoms with Crippen molar-refractivity contribution in [1.82, 2.24) is 42.1 Å². The normalized spacial score (nSPS) is 22.9.